The van der Waals surface area contributed by atoms with Gasteiger partial charge in [-0.2, -0.15) is 0 Å². The van der Waals surface area contributed by atoms with Gasteiger partial charge in [-0.15, -0.1) is 0 Å². The molecule has 0 aliphatic heterocycles. The van der Waals surface area contributed by atoms with Crippen molar-refractivity contribution in [3.05, 3.63) is 29.6 Å². The second-order valence-electron chi connectivity index (χ2n) is 5.17. The minimum Gasteiger partial charge on any atom is -0.444 e. The average molecular weight is 288 g/mol. The molecule has 1 atom stereocenters. The number of carbonyl (C=O) groups is 1. The fourth-order valence-corrected chi connectivity index (χ4v) is 1.49. The third-order valence-electron chi connectivity index (χ3n) is 2.19. The first-order chi connectivity index (χ1) is 9.23. The fourth-order valence-electron chi connectivity index (χ4n) is 1.49. The first-order valence-electron chi connectivity index (χ1n) is 6.02. The molecule has 0 bridgehead atoms. The monoisotopic (exact) mass is 288 g/mol. The molecule has 0 aliphatic carbocycles. The number of hydrogen-bond acceptors (Lipinski definition) is 4. The highest BCUT2D eigenvalue weighted by Crippen LogP contribution is 2.17. The van der Waals surface area contributed by atoms with E-state index in [-0.39, 0.29) is 12.3 Å². The van der Waals surface area contributed by atoms with Gasteiger partial charge >= 0.3 is 6.09 Å². The fraction of sp³-hybridized carbons (Fsp3) is 0.538. The van der Waals surface area contributed by atoms with Crippen LogP contribution in [0.4, 0.5) is 13.6 Å². The summed E-state index contributed by atoms with van der Waals surface area (Å²) < 4.78 is 36.5. The summed E-state index contributed by atoms with van der Waals surface area (Å²) in [6.45, 7) is 5.09. The molecule has 1 rings (SSSR count). The molecule has 5 nitrogen and oxygen atoms in total. The van der Waals surface area contributed by atoms with Crippen molar-refractivity contribution in [1.82, 2.24) is 10.3 Å². The second-order valence-corrected chi connectivity index (χ2v) is 5.17. The summed E-state index contributed by atoms with van der Waals surface area (Å²) in [5.74, 6) is -1.65. The van der Waals surface area contributed by atoms with Gasteiger partial charge in [0.1, 0.15) is 29.0 Å². The number of methoxy groups -OCH3 is 1. The summed E-state index contributed by atoms with van der Waals surface area (Å²) in [5.41, 5.74) is -0.796. The molecule has 7 heteroatoms. The summed E-state index contributed by atoms with van der Waals surface area (Å²) in [5, 5.41) is 2.44. The Labute approximate surface area is 116 Å². The van der Waals surface area contributed by atoms with E-state index in [0.717, 1.165) is 6.20 Å². The van der Waals surface area contributed by atoms with Gasteiger partial charge in [-0.1, -0.05) is 0 Å². The van der Waals surface area contributed by atoms with E-state index in [4.69, 9.17) is 9.47 Å². The molecule has 0 unspecified atom stereocenters. The molecule has 0 aromatic carbocycles. The van der Waals surface area contributed by atoms with Crippen LogP contribution >= 0.6 is 0 Å². The lowest BCUT2D eigenvalue weighted by molar-refractivity contribution is 0.0464. The van der Waals surface area contributed by atoms with Crippen LogP contribution in [0.5, 0.6) is 0 Å². The highest BCUT2D eigenvalue weighted by molar-refractivity contribution is 5.68. The summed E-state index contributed by atoms with van der Waals surface area (Å²) >= 11 is 0. The summed E-state index contributed by atoms with van der Waals surface area (Å²) in [6, 6.07) is -0.169. The van der Waals surface area contributed by atoms with Crippen LogP contribution in [0.15, 0.2) is 12.3 Å². The van der Waals surface area contributed by atoms with Crippen LogP contribution in [-0.4, -0.2) is 30.4 Å². The summed E-state index contributed by atoms with van der Waals surface area (Å²) in [4.78, 5) is 15.3. The number of pyridine rings is 1. The quantitative estimate of drug-likeness (QED) is 0.925. The van der Waals surface area contributed by atoms with Crippen LogP contribution in [0.2, 0.25) is 0 Å². The molecule has 0 spiro atoms. The molecular formula is C13H18F2N2O3. The number of rotatable bonds is 4. The van der Waals surface area contributed by atoms with Crippen molar-refractivity contribution < 1.29 is 23.0 Å². The minimum absolute atomic E-state index is 0.0191. The first-order valence-corrected chi connectivity index (χ1v) is 6.02. The van der Waals surface area contributed by atoms with E-state index in [9.17, 15) is 13.6 Å². The van der Waals surface area contributed by atoms with Crippen LogP contribution in [0, 0.1) is 11.6 Å². The van der Waals surface area contributed by atoms with Crippen LogP contribution in [0.3, 0.4) is 0 Å². The number of aromatic nitrogens is 1. The standard InChI is InChI=1S/C13H18F2N2O3/c1-13(2,3)20-12(18)17-10(7-19-4)11-9(15)5-8(14)6-16-11/h5-6,10H,7H2,1-4H3,(H,17,18)/t10-/m0/s1. The van der Waals surface area contributed by atoms with E-state index in [1.165, 1.54) is 7.11 Å². The number of nitrogens with zero attached hydrogens (tertiary/aromatic N) is 1. The zero-order valence-electron chi connectivity index (χ0n) is 11.9. The van der Waals surface area contributed by atoms with Crippen molar-refractivity contribution in [3.8, 4) is 0 Å². The zero-order valence-corrected chi connectivity index (χ0v) is 11.9. The number of ether oxygens (including phenoxy) is 2. The molecule has 1 amide bonds. The SMILES string of the molecule is COC[C@H](NC(=O)OC(C)(C)C)c1ncc(F)cc1F. The van der Waals surface area contributed by atoms with Gasteiger partial charge in [0, 0.05) is 13.2 Å². The molecule has 1 aromatic rings. The average Bonchev–Trinajstić information content (AvgIpc) is 2.25. The number of halogens is 2. The lowest BCUT2D eigenvalue weighted by Crippen LogP contribution is -2.37. The Morgan fingerprint density at radius 2 is 2.10 bits per heavy atom. The van der Waals surface area contributed by atoms with Gasteiger partial charge in [-0.05, 0) is 20.8 Å². The van der Waals surface area contributed by atoms with Crippen LogP contribution in [-0.2, 0) is 9.47 Å². The number of carbonyl (C=O) groups excluding carboxylic acids is 1. The normalized spacial score (nSPS) is 12.9. The van der Waals surface area contributed by atoms with Gasteiger partial charge < -0.3 is 14.8 Å². The Bertz CT molecular complexity index is 475. The van der Waals surface area contributed by atoms with Gasteiger partial charge in [0.15, 0.2) is 0 Å². The van der Waals surface area contributed by atoms with Crippen LogP contribution < -0.4 is 5.32 Å². The predicted molar refractivity (Wildman–Crippen MR) is 68.1 cm³/mol. The number of alkyl carbamates (subject to hydrolysis) is 1. The summed E-state index contributed by atoms with van der Waals surface area (Å²) in [7, 11) is 1.39. The van der Waals surface area contributed by atoms with E-state index < -0.39 is 29.4 Å². The van der Waals surface area contributed by atoms with Crippen molar-refractivity contribution in [2.24, 2.45) is 0 Å². The highest BCUT2D eigenvalue weighted by atomic mass is 19.1. The largest absolute Gasteiger partial charge is 0.444 e. The number of nitrogens with one attached hydrogen (secondary N) is 1. The predicted octanol–water partition coefficient (Wildman–Crippen LogP) is 2.57. The molecule has 0 saturated heterocycles. The number of hydrogen-bond donors (Lipinski definition) is 1. The van der Waals surface area contributed by atoms with Gasteiger partial charge in [-0.25, -0.2) is 13.6 Å². The Morgan fingerprint density at radius 3 is 2.60 bits per heavy atom. The Balaban J connectivity index is 2.86. The van der Waals surface area contributed by atoms with Gasteiger partial charge in [-0.3, -0.25) is 4.98 Å². The Hall–Kier alpha value is -1.76. The van der Waals surface area contributed by atoms with Crippen molar-refractivity contribution in [1.29, 1.82) is 0 Å². The maximum absolute atomic E-state index is 13.7. The van der Waals surface area contributed by atoms with E-state index in [1.807, 2.05) is 0 Å². The zero-order chi connectivity index (χ0) is 15.3. The van der Waals surface area contributed by atoms with E-state index in [0.29, 0.717) is 6.07 Å². The van der Waals surface area contributed by atoms with Crippen LogP contribution in [0.1, 0.15) is 32.5 Å². The van der Waals surface area contributed by atoms with E-state index in [1.54, 1.807) is 20.8 Å². The molecule has 1 aromatic heterocycles. The number of amides is 1. The second kappa shape index (κ2) is 6.60. The Kier molecular flexibility index (Phi) is 5.38. The highest BCUT2D eigenvalue weighted by Gasteiger charge is 2.23. The summed E-state index contributed by atoms with van der Waals surface area (Å²) in [6.07, 6.45) is 0.141. The molecule has 20 heavy (non-hydrogen) atoms. The van der Waals surface area contributed by atoms with Crippen molar-refractivity contribution in [2.45, 2.75) is 32.4 Å². The molecule has 1 N–H and O–H groups in total. The lowest BCUT2D eigenvalue weighted by Gasteiger charge is -2.23. The molecule has 0 aliphatic rings. The lowest BCUT2D eigenvalue weighted by atomic mass is 10.2. The van der Waals surface area contributed by atoms with Crippen molar-refractivity contribution in [2.75, 3.05) is 13.7 Å². The van der Waals surface area contributed by atoms with Crippen molar-refractivity contribution >= 4 is 6.09 Å². The topological polar surface area (TPSA) is 60.5 Å². The maximum atomic E-state index is 13.7. The third-order valence-corrected chi connectivity index (χ3v) is 2.19. The van der Waals surface area contributed by atoms with E-state index in [2.05, 4.69) is 10.3 Å². The smallest absolute Gasteiger partial charge is 0.408 e. The maximum Gasteiger partial charge on any atom is 0.408 e. The molecule has 112 valence electrons. The van der Waals surface area contributed by atoms with Gasteiger partial charge in [0.2, 0.25) is 0 Å². The molecule has 0 saturated carbocycles. The first kappa shape index (κ1) is 16.3. The van der Waals surface area contributed by atoms with Gasteiger partial charge in [0.25, 0.3) is 0 Å². The van der Waals surface area contributed by atoms with E-state index >= 15 is 0 Å². The van der Waals surface area contributed by atoms with Gasteiger partial charge in [0.05, 0.1) is 12.8 Å². The Morgan fingerprint density at radius 1 is 1.45 bits per heavy atom. The molecule has 1 heterocycles. The van der Waals surface area contributed by atoms with Crippen LogP contribution in [0.25, 0.3) is 0 Å². The molecule has 0 radical (unpaired) electrons. The molecular weight excluding hydrogens is 270 g/mol. The van der Waals surface area contributed by atoms with Crippen molar-refractivity contribution in [3.63, 3.8) is 0 Å². The third kappa shape index (κ3) is 5.08. The molecule has 0 fully saturated rings. The minimum atomic E-state index is -0.865.